The minimum absolute atomic E-state index is 0. The number of thiazole rings is 1. The number of guanidine groups is 1. The molecule has 1 aromatic heterocycles. The average Bonchev–Trinajstić information content (AvgIpc) is 3.41. The van der Waals surface area contributed by atoms with Crippen molar-refractivity contribution in [3.05, 3.63) is 45.9 Å². The van der Waals surface area contributed by atoms with Crippen LogP contribution in [0.5, 0.6) is 5.75 Å². The van der Waals surface area contributed by atoms with Gasteiger partial charge in [0.1, 0.15) is 5.75 Å². The molecule has 0 atom stereocenters. The third-order valence-electron chi connectivity index (χ3n) is 4.48. The van der Waals surface area contributed by atoms with Crippen LogP contribution in [-0.4, -0.2) is 30.6 Å². The molecule has 1 saturated carbocycles. The van der Waals surface area contributed by atoms with Gasteiger partial charge in [0, 0.05) is 36.1 Å². The lowest BCUT2D eigenvalue weighted by Gasteiger charge is -2.12. The van der Waals surface area contributed by atoms with E-state index in [9.17, 15) is 0 Å². The monoisotopic (exact) mass is 514 g/mol. The van der Waals surface area contributed by atoms with E-state index < -0.39 is 0 Å². The zero-order chi connectivity index (χ0) is 18.9. The Hall–Kier alpha value is -1.35. The predicted molar refractivity (Wildman–Crippen MR) is 128 cm³/mol. The lowest BCUT2D eigenvalue weighted by molar-refractivity contribution is 0.297. The number of aliphatic imine (C=N–C) groups is 1. The fourth-order valence-corrected chi connectivity index (χ4v) is 3.55. The van der Waals surface area contributed by atoms with Crippen molar-refractivity contribution in [3.63, 3.8) is 0 Å². The van der Waals surface area contributed by atoms with E-state index in [1.54, 1.807) is 11.3 Å². The van der Waals surface area contributed by atoms with E-state index in [1.807, 2.05) is 24.4 Å². The van der Waals surface area contributed by atoms with E-state index in [4.69, 9.17) is 9.73 Å². The molecule has 0 radical (unpaired) electrons. The molecule has 0 unspecified atom stereocenters. The highest BCUT2D eigenvalue weighted by Crippen LogP contribution is 2.30. The molecule has 0 spiro atoms. The number of para-hydroxylation sites is 1. The molecule has 1 fully saturated rings. The first-order valence-electron chi connectivity index (χ1n) is 9.95. The predicted octanol–water partition coefficient (Wildman–Crippen LogP) is 4.41. The summed E-state index contributed by atoms with van der Waals surface area (Å²) in [6.07, 6.45) is 6.55. The van der Waals surface area contributed by atoms with E-state index in [0.29, 0.717) is 6.54 Å². The Bertz CT molecular complexity index is 746. The number of hydrogen-bond donors (Lipinski definition) is 2. The number of rotatable bonds is 10. The van der Waals surface area contributed by atoms with E-state index in [2.05, 4.69) is 35.5 Å². The summed E-state index contributed by atoms with van der Waals surface area (Å²) in [5.41, 5.74) is 1.13. The maximum atomic E-state index is 5.99. The molecule has 0 saturated heterocycles. The first-order valence-corrected chi connectivity index (χ1v) is 10.8. The highest BCUT2D eigenvalue weighted by Gasteiger charge is 2.22. The molecule has 3 rings (SSSR count). The van der Waals surface area contributed by atoms with Gasteiger partial charge in [0.25, 0.3) is 0 Å². The van der Waals surface area contributed by atoms with Crippen LogP contribution in [0.1, 0.15) is 42.1 Å². The van der Waals surface area contributed by atoms with Crippen LogP contribution in [0, 0.1) is 5.92 Å². The van der Waals surface area contributed by atoms with Crippen molar-refractivity contribution < 1.29 is 4.74 Å². The van der Waals surface area contributed by atoms with Gasteiger partial charge < -0.3 is 15.4 Å². The summed E-state index contributed by atoms with van der Waals surface area (Å²) in [6.45, 7) is 7.33. The topological polar surface area (TPSA) is 58.5 Å². The summed E-state index contributed by atoms with van der Waals surface area (Å²) >= 11 is 1.79. The van der Waals surface area contributed by atoms with E-state index in [1.165, 1.54) is 22.7 Å². The standard InChI is InChI=1S/C21H30N4OS.HI/c1-3-18-14-24-20(27-18)11-12-23-21(22-4-2)25-13-17-7-5-6-8-19(17)26-15-16-9-10-16;/h5-8,14,16H,3-4,9-13,15H2,1-2H3,(H2,22,23,25);1H. The molecule has 1 aliphatic carbocycles. The first kappa shape index (κ1) is 22.9. The SMILES string of the molecule is CCNC(=NCc1ccccc1OCC1CC1)NCCc1ncc(CC)s1.I. The minimum atomic E-state index is 0. The van der Waals surface area contributed by atoms with Crippen molar-refractivity contribution in [3.8, 4) is 5.75 Å². The molecule has 154 valence electrons. The van der Waals surface area contributed by atoms with Crippen molar-refractivity contribution in [2.45, 2.75) is 46.1 Å². The zero-order valence-corrected chi connectivity index (χ0v) is 19.9. The summed E-state index contributed by atoms with van der Waals surface area (Å²) in [5, 5.41) is 7.90. The fourth-order valence-electron chi connectivity index (χ4n) is 2.69. The van der Waals surface area contributed by atoms with Gasteiger partial charge in [-0.05, 0) is 38.2 Å². The Morgan fingerprint density at radius 1 is 1.25 bits per heavy atom. The largest absolute Gasteiger partial charge is 0.493 e. The van der Waals surface area contributed by atoms with Gasteiger partial charge >= 0.3 is 0 Å². The van der Waals surface area contributed by atoms with Crippen LogP contribution in [-0.2, 0) is 19.4 Å². The van der Waals surface area contributed by atoms with E-state index >= 15 is 0 Å². The molecule has 2 N–H and O–H groups in total. The van der Waals surface area contributed by atoms with Crippen LogP contribution < -0.4 is 15.4 Å². The summed E-state index contributed by atoms with van der Waals surface area (Å²) in [6, 6.07) is 8.21. The van der Waals surface area contributed by atoms with Crippen molar-refractivity contribution in [2.24, 2.45) is 10.9 Å². The van der Waals surface area contributed by atoms with Gasteiger partial charge in [-0.2, -0.15) is 0 Å². The molecule has 7 heteroatoms. The molecule has 1 aliphatic rings. The number of halogens is 1. The molecule has 1 aromatic carbocycles. The number of hydrogen-bond acceptors (Lipinski definition) is 4. The second-order valence-corrected chi connectivity index (χ2v) is 8.01. The summed E-state index contributed by atoms with van der Waals surface area (Å²) in [4.78, 5) is 10.6. The summed E-state index contributed by atoms with van der Waals surface area (Å²) in [5.74, 6) is 2.54. The molecule has 5 nitrogen and oxygen atoms in total. The Balaban J connectivity index is 0.00000280. The molecule has 2 aromatic rings. The molecule has 28 heavy (non-hydrogen) atoms. The van der Waals surface area contributed by atoms with Crippen LogP contribution in [0.3, 0.4) is 0 Å². The number of nitrogens with one attached hydrogen (secondary N) is 2. The second-order valence-electron chi connectivity index (χ2n) is 6.81. The molecular formula is C21H31IN4OS. The maximum Gasteiger partial charge on any atom is 0.191 e. The highest BCUT2D eigenvalue weighted by atomic mass is 127. The van der Waals surface area contributed by atoms with Gasteiger partial charge in [-0.3, -0.25) is 0 Å². The highest BCUT2D eigenvalue weighted by molar-refractivity contribution is 14.0. The van der Waals surface area contributed by atoms with Crippen LogP contribution in [0.15, 0.2) is 35.5 Å². The average molecular weight is 514 g/mol. The minimum Gasteiger partial charge on any atom is -0.493 e. The smallest absolute Gasteiger partial charge is 0.191 e. The van der Waals surface area contributed by atoms with Crippen molar-refractivity contribution in [2.75, 3.05) is 19.7 Å². The third-order valence-corrected chi connectivity index (χ3v) is 5.68. The van der Waals surface area contributed by atoms with Gasteiger partial charge in [-0.15, -0.1) is 35.3 Å². The van der Waals surface area contributed by atoms with Crippen molar-refractivity contribution >= 4 is 41.3 Å². The normalized spacial score (nSPS) is 13.7. The lowest BCUT2D eigenvalue weighted by atomic mass is 10.2. The zero-order valence-electron chi connectivity index (χ0n) is 16.7. The van der Waals surface area contributed by atoms with Crippen LogP contribution in [0.2, 0.25) is 0 Å². The van der Waals surface area contributed by atoms with Gasteiger partial charge in [0.15, 0.2) is 5.96 Å². The number of ether oxygens (including phenoxy) is 1. The van der Waals surface area contributed by atoms with Crippen molar-refractivity contribution in [1.29, 1.82) is 0 Å². The quantitative estimate of drug-likeness (QED) is 0.280. The Morgan fingerprint density at radius 2 is 2.07 bits per heavy atom. The molecule has 0 aliphatic heterocycles. The Morgan fingerprint density at radius 3 is 2.79 bits per heavy atom. The van der Waals surface area contributed by atoms with Gasteiger partial charge in [-0.1, -0.05) is 25.1 Å². The fraction of sp³-hybridized carbons (Fsp3) is 0.524. The van der Waals surface area contributed by atoms with Gasteiger partial charge in [0.2, 0.25) is 0 Å². The molecule has 0 bridgehead atoms. The molecule has 1 heterocycles. The number of aromatic nitrogens is 1. The van der Waals surface area contributed by atoms with E-state index in [-0.39, 0.29) is 24.0 Å². The molecule has 0 amide bonds. The van der Waals surface area contributed by atoms with Gasteiger partial charge in [-0.25, -0.2) is 9.98 Å². The summed E-state index contributed by atoms with van der Waals surface area (Å²) in [7, 11) is 0. The lowest BCUT2D eigenvalue weighted by Crippen LogP contribution is -2.38. The number of benzene rings is 1. The maximum absolute atomic E-state index is 5.99. The Labute approximate surface area is 189 Å². The summed E-state index contributed by atoms with van der Waals surface area (Å²) < 4.78 is 5.99. The first-order chi connectivity index (χ1) is 13.3. The van der Waals surface area contributed by atoms with Crippen molar-refractivity contribution in [1.82, 2.24) is 15.6 Å². The third kappa shape index (κ3) is 7.58. The van der Waals surface area contributed by atoms with Crippen LogP contribution in [0.4, 0.5) is 0 Å². The second kappa shape index (κ2) is 12.3. The van der Waals surface area contributed by atoms with Gasteiger partial charge in [0.05, 0.1) is 18.2 Å². The number of aryl methyl sites for hydroxylation is 1. The number of nitrogens with zero attached hydrogens (tertiary/aromatic N) is 2. The Kier molecular flexibility index (Phi) is 10.0. The molecular weight excluding hydrogens is 483 g/mol. The van der Waals surface area contributed by atoms with Crippen LogP contribution >= 0.6 is 35.3 Å². The van der Waals surface area contributed by atoms with Crippen LogP contribution in [0.25, 0.3) is 0 Å². The van der Waals surface area contributed by atoms with E-state index in [0.717, 1.165) is 55.7 Å².